The van der Waals surface area contributed by atoms with Crippen LogP contribution in [0.4, 0.5) is 31.5 Å². The molecule has 0 heterocycles. The molecule has 3 rings (SSSR count). The molecule has 0 aliphatic rings. The molecule has 2 unspecified atom stereocenters. The Morgan fingerprint density at radius 3 is 1.67 bits per heavy atom. The number of carbonyl (C=O) groups excluding carboxylic acids is 5. The van der Waals surface area contributed by atoms with Crippen molar-refractivity contribution >= 4 is 30.0 Å². The van der Waals surface area contributed by atoms with E-state index in [1.807, 2.05) is 20.8 Å². The first-order chi connectivity index (χ1) is 27.0. The van der Waals surface area contributed by atoms with Crippen molar-refractivity contribution in [2.75, 3.05) is 0 Å². The SMILES string of the molecule is CC(C)C[C@H](NC(=O)[C@@H](CC(C)(C)C)NC(=O)OCc1ccccc1)C(=O)NC(C(=O)Oc1c(F)c(F)c(F)c(F)c1F)C(NC(=O)OC(C)(C)C)c1ccccc1. The number of alkyl carbamates (subject to hydrolysis) is 2. The minimum absolute atomic E-state index is 0.0715. The molecule has 316 valence electrons. The van der Waals surface area contributed by atoms with Crippen molar-refractivity contribution in [2.24, 2.45) is 11.3 Å². The van der Waals surface area contributed by atoms with Crippen molar-refractivity contribution in [3.05, 3.63) is 101 Å². The predicted octanol–water partition coefficient (Wildman–Crippen LogP) is 7.30. The highest BCUT2D eigenvalue weighted by atomic mass is 19.2. The Bertz CT molecular complexity index is 1890. The van der Waals surface area contributed by atoms with E-state index in [0.717, 1.165) is 0 Å². The summed E-state index contributed by atoms with van der Waals surface area (Å²) in [5.41, 5.74) is -0.843. The van der Waals surface area contributed by atoms with Crippen LogP contribution in [0.5, 0.6) is 5.75 Å². The average molecular weight is 821 g/mol. The van der Waals surface area contributed by atoms with Crippen LogP contribution < -0.4 is 26.0 Å². The van der Waals surface area contributed by atoms with Crippen LogP contribution in [0.1, 0.15) is 85.4 Å². The maximum Gasteiger partial charge on any atom is 0.408 e. The summed E-state index contributed by atoms with van der Waals surface area (Å²) < 4.78 is 87.2. The molecule has 12 nitrogen and oxygen atoms in total. The lowest BCUT2D eigenvalue weighted by Gasteiger charge is -2.31. The van der Waals surface area contributed by atoms with Crippen molar-refractivity contribution in [3.63, 3.8) is 0 Å². The Morgan fingerprint density at radius 1 is 0.638 bits per heavy atom. The quantitative estimate of drug-likeness (QED) is 0.0409. The number of amides is 4. The van der Waals surface area contributed by atoms with Crippen molar-refractivity contribution in [1.29, 1.82) is 0 Å². The maximum atomic E-state index is 14.8. The van der Waals surface area contributed by atoms with Gasteiger partial charge in [0.05, 0.1) is 6.04 Å². The Labute approximate surface area is 333 Å². The fourth-order valence-electron chi connectivity index (χ4n) is 5.53. The Kier molecular flexibility index (Phi) is 16.2. The van der Waals surface area contributed by atoms with Gasteiger partial charge in [0.2, 0.25) is 46.6 Å². The van der Waals surface area contributed by atoms with Gasteiger partial charge in [-0.25, -0.2) is 27.6 Å². The summed E-state index contributed by atoms with van der Waals surface area (Å²) in [4.78, 5) is 68.0. The lowest BCUT2D eigenvalue weighted by Crippen LogP contribution is -2.59. The molecule has 0 saturated carbocycles. The minimum Gasteiger partial charge on any atom is -0.445 e. The Morgan fingerprint density at radius 2 is 1.16 bits per heavy atom. The van der Waals surface area contributed by atoms with Crippen molar-refractivity contribution < 1.29 is 60.1 Å². The second-order valence-electron chi connectivity index (χ2n) is 16.1. The van der Waals surface area contributed by atoms with E-state index in [-0.39, 0.29) is 30.9 Å². The number of halogens is 5. The minimum atomic E-state index is -2.51. The van der Waals surface area contributed by atoms with Gasteiger partial charge in [0, 0.05) is 0 Å². The molecular weight excluding hydrogens is 771 g/mol. The molecule has 0 aromatic heterocycles. The van der Waals surface area contributed by atoms with Crippen LogP contribution in [0.25, 0.3) is 0 Å². The molecule has 0 saturated heterocycles. The van der Waals surface area contributed by atoms with Crippen molar-refractivity contribution in [2.45, 2.75) is 105 Å². The van der Waals surface area contributed by atoms with Gasteiger partial charge >= 0.3 is 18.2 Å². The molecule has 4 N–H and O–H groups in total. The summed E-state index contributed by atoms with van der Waals surface area (Å²) in [6.07, 6.45) is -2.06. The number of carbonyl (C=O) groups is 5. The van der Waals surface area contributed by atoms with Crippen LogP contribution in [0, 0.1) is 40.4 Å². The van der Waals surface area contributed by atoms with E-state index >= 15 is 0 Å². The van der Waals surface area contributed by atoms with Gasteiger partial charge in [0.1, 0.15) is 24.3 Å². The first-order valence-electron chi connectivity index (χ1n) is 18.3. The smallest absolute Gasteiger partial charge is 0.408 e. The van der Waals surface area contributed by atoms with Gasteiger partial charge in [-0.2, -0.15) is 8.78 Å². The molecule has 4 atom stereocenters. The predicted molar refractivity (Wildman–Crippen MR) is 201 cm³/mol. The van der Waals surface area contributed by atoms with E-state index in [4.69, 9.17) is 14.2 Å². The topological polar surface area (TPSA) is 161 Å². The van der Waals surface area contributed by atoms with Crippen LogP contribution in [0.15, 0.2) is 60.7 Å². The number of benzene rings is 3. The van der Waals surface area contributed by atoms with Crippen LogP contribution in [0.2, 0.25) is 0 Å². The molecule has 0 bridgehead atoms. The number of hydrogen-bond donors (Lipinski definition) is 4. The van der Waals surface area contributed by atoms with E-state index in [9.17, 15) is 45.9 Å². The average Bonchev–Trinajstić information content (AvgIpc) is 3.14. The van der Waals surface area contributed by atoms with Crippen LogP contribution >= 0.6 is 0 Å². The zero-order valence-electron chi connectivity index (χ0n) is 33.4. The summed E-state index contributed by atoms with van der Waals surface area (Å²) in [5.74, 6) is -18.2. The number of ether oxygens (including phenoxy) is 3. The van der Waals surface area contributed by atoms with Crippen molar-refractivity contribution in [3.8, 4) is 5.75 Å². The zero-order chi connectivity index (χ0) is 43.5. The van der Waals surface area contributed by atoms with Crippen LogP contribution in [-0.4, -0.2) is 53.7 Å². The molecule has 0 spiro atoms. The largest absolute Gasteiger partial charge is 0.445 e. The second kappa shape index (κ2) is 20.1. The first kappa shape index (κ1) is 46.6. The fourth-order valence-corrected chi connectivity index (χ4v) is 5.53. The molecule has 3 aromatic rings. The van der Waals surface area contributed by atoms with Gasteiger partial charge in [0.25, 0.3) is 0 Å². The number of hydrogen-bond acceptors (Lipinski definition) is 8. The molecule has 17 heteroatoms. The van der Waals surface area contributed by atoms with E-state index in [2.05, 4.69) is 21.3 Å². The van der Waals surface area contributed by atoms with E-state index < -0.39 is 100.0 Å². The maximum absolute atomic E-state index is 14.8. The van der Waals surface area contributed by atoms with Crippen LogP contribution in [0.3, 0.4) is 0 Å². The van der Waals surface area contributed by atoms with Crippen LogP contribution in [-0.2, 0) is 30.5 Å². The monoisotopic (exact) mass is 820 g/mol. The first-order valence-corrected chi connectivity index (χ1v) is 18.3. The zero-order valence-corrected chi connectivity index (χ0v) is 33.4. The van der Waals surface area contributed by atoms with Gasteiger partial charge in [0.15, 0.2) is 6.04 Å². The number of nitrogens with one attached hydrogen (secondary N) is 4. The number of esters is 1. The molecule has 0 radical (unpaired) electrons. The summed E-state index contributed by atoms with van der Waals surface area (Å²) >= 11 is 0. The van der Waals surface area contributed by atoms with Crippen molar-refractivity contribution in [1.82, 2.24) is 21.3 Å². The van der Waals surface area contributed by atoms with Gasteiger partial charge in [-0.3, -0.25) is 9.59 Å². The van der Waals surface area contributed by atoms with E-state index in [1.54, 1.807) is 50.2 Å². The Balaban J connectivity index is 2.04. The summed E-state index contributed by atoms with van der Waals surface area (Å²) in [7, 11) is 0. The fraction of sp³-hybridized carbons (Fsp3) is 0.439. The lowest BCUT2D eigenvalue weighted by molar-refractivity contribution is -0.141. The summed E-state index contributed by atoms with van der Waals surface area (Å²) in [5, 5.41) is 9.87. The molecular formula is C41H49F5N4O8. The molecule has 0 fully saturated rings. The highest BCUT2D eigenvalue weighted by Crippen LogP contribution is 2.31. The second-order valence-corrected chi connectivity index (χ2v) is 16.1. The standard InChI is InChI=1S/C41H49F5N4O8/c1-22(2)19-25(47-36(52)26(20-40(3,4)5)48-38(54)56-21-23-15-11-9-12-16-23)35(51)49-33(37(53)57-34-30(45)28(43)27(42)29(44)31(34)46)32(24-17-13-10-14-18-24)50-39(55)58-41(6,7)8/h9-18,22,25-26,32-33H,19-21H2,1-8H3,(H,47,52)(H,48,54)(H,49,51)(H,50,55)/t25-,26+,32?,33?/m0/s1. The van der Waals surface area contributed by atoms with E-state index in [1.165, 1.54) is 45.0 Å². The summed E-state index contributed by atoms with van der Waals surface area (Å²) in [6.45, 7) is 13.4. The lowest BCUT2D eigenvalue weighted by atomic mass is 9.87. The summed E-state index contributed by atoms with van der Waals surface area (Å²) in [6, 6.07) is 9.57. The molecule has 0 aliphatic carbocycles. The van der Waals surface area contributed by atoms with Gasteiger partial charge < -0.3 is 35.5 Å². The molecule has 3 aromatic carbocycles. The number of rotatable bonds is 15. The third kappa shape index (κ3) is 14.0. The molecule has 58 heavy (non-hydrogen) atoms. The Hall–Kier alpha value is -5.74. The molecule has 4 amide bonds. The van der Waals surface area contributed by atoms with E-state index in [0.29, 0.717) is 5.56 Å². The third-order valence-electron chi connectivity index (χ3n) is 8.07. The van der Waals surface area contributed by atoms with Gasteiger partial charge in [-0.05, 0) is 56.1 Å². The highest BCUT2D eigenvalue weighted by molar-refractivity contribution is 5.94. The van der Waals surface area contributed by atoms with Gasteiger partial charge in [-0.15, -0.1) is 0 Å². The normalized spacial score (nSPS) is 13.7. The highest BCUT2D eigenvalue weighted by Gasteiger charge is 2.40. The van der Waals surface area contributed by atoms with Gasteiger partial charge in [-0.1, -0.05) is 95.3 Å². The third-order valence-corrected chi connectivity index (χ3v) is 8.07. The molecule has 0 aliphatic heterocycles.